The number of para-hydroxylation sites is 3. The highest BCUT2D eigenvalue weighted by atomic mass is 16.5. The number of nitrogens with zero attached hydrogens (tertiary/aromatic N) is 3. The first-order valence-corrected chi connectivity index (χ1v) is 9.69. The van der Waals surface area contributed by atoms with E-state index in [4.69, 9.17) is 4.74 Å². The summed E-state index contributed by atoms with van der Waals surface area (Å²) in [5, 5.41) is 0.884. The summed E-state index contributed by atoms with van der Waals surface area (Å²) in [6, 6.07) is 17.7. The van der Waals surface area contributed by atoms with Gasteiger partial charge >= 0.3 is 0 Å². The largest absolute Gasteiger partial charge is 0.485 e. The van der Waals surface area contributed by atoms with Crippen LogP contribution in [-0.4, -0.2) is 48.6 Å². The molecule has 0 saturated carbocycles. The van der Waals surface area contributed by atoms with Gasteiger partial charge in [-0.25, -0.2) is 0 Å². The summed E-state index contributed by atoms with van der Waals surface area (Å²) in [6.07, 6.45) is -0.0713. The Balaban J connectivity index is 1.56. The molecule has 4 rings (SSSR count). The number of hydrogen-bond acceptors (Lipinski definition) is 4. The first-order chi connectivity index (χ1) is 13.6. The maximum Gasteiger partial charge on any atom is 0.254 e. The summed E-state index contributed by atoms with van der Waals surface area (Å²) in [6.45, 7) is 6.26. The lowest BCUT2D eigenvalue weighted by atomic mass is 10.1. The van der Waals surface area contributed by atoms with Crippen molar-refractivity contribution < 1.29 is 9.53 Å². The van der Waals surface area contributed by atoms with Crippen molar-refractivity contribution in [3.05, 3.63) is 65.9 Å². The topological polar surface area (TPSA) is 45.7 Å². The SMILES string of the molecule is CCN1C[C@@H](CN(C)C(=O)c2cc(C)nc3ccccc23)Oc2ccccc21. The van der Waals surface area contributed by atoms with Crippen molar-refractivity contribution in [3.8, 4) is 5.75 Å². The summed E-state index contributed by atoms with van der Waals surface area (Å²) >= 11 is 0. The quantitative estimate of drug-likeness (QED) is 0.694. The van der Waals surface area contributed by atoms with Crippen LogP contribution >= 0.6 is 0 Å². The molecule has 0 unspecified atom stereocenters. The van der Waals surface area contributed by atoms with Crippen LogP contribution in [0.4, 0.5) is 5.69 Å². The normalized spacial score (nSPS) is 15.8. The third-order valence-corrected chi connectivity index (χ3v) is 5.20. The Hall–Kier alpha value is -3.08. The van der Waals surface area contributed by atoms with Crippen molar-refractivity contribution >= 4 is 22.5 Å². The summed E-state index contributed by atoms with van der Waals surface area (Å²) < 4.78 is 6.18. The minimum Gasteiger partial charge on any atom is -0.485 e. The van der Waals surface area contributed by atoms with Crippen molar-refractivity contribution in [2.24, 2.45) is 0 Å². The summed E-state index contributed by atoms with van der Waals surface area (Å²) in [5.74, 6) is 0.874. The molecule has 0 spiro atoms. The number of pyridine rings is 1. The molecule has 28 heavy (non-hydrogen) atoms. The van der Waals surface area contributed by atoms with E-state index >= 15 is 0 Å². The fourth-order valence-corrected chi connectivity index (χ4v) is 3.85. The highest BCUT2D eigenvalue weighted by molar-refractivity contribution is 6.06. The summed E-state index contributed by atoms with van der Waals surface area (Å²) in [4.78, 5) is 21.8. The Bertz CT molecular complexity index is 1020. The van der Waals surface area contributed by atoms with Gasteiger partial charge in [0.2, 0.25) is 0 Å². The molecule has 5 heteroatoms. The van der Waals surface area contributed by atoms with Crippen LogP contribution in [0.1, 0.15) is 23.0 Å². The third-order valence-electron chi connectivity index (χ3n) is 5.20. The number of hydrogen-bond donors (Lipinski definition) is 0. The third kappa shape index (κ3) is 3.40. The lowest BCUT2D eigenvalue weighted by molar-refractivity contribution is 0.0711. The van der Waals surface area contributed by atoms with E-state index in [9.17, 15) is 4.79 Å². The average Bonchev–Trinajstić information content (AvgIpc) is 2.71. The Morgan fingerprint density at radius 2 is 1.96 bits per heavy atom. The molecule has 2 aromatic carbocycles. The number of aromatic nitrogens is 1. The molecule has 0 radical (unpaired) electrons. The molecule has 2 heterocycles. The maximum atomic E-state index is 13.2. The molecule has 0 aliphatic carbocycles. The number of anilines is 1. The Morgan fingerprint density at radius 1 is 1.21 bits per heavy atom. The van der Waals surface area contributed by atoms with Crippen molar-refractivity contribution in [2.75, 3.05) is 31.6 Å². The molecule has 1 aliphatic rings. The predicted octanol–water partition coefficient (Wildman–Crippen LogP) is 3.90. The number of benzene rings is 2. The van der Waals surface area contributed by atoms with Gasteiger partial charge in [0.15, 0.2) is 0 Å². The lowest BCUT2D eigenvalue weighted by Gasteiger charge is -2.37. The van der Waals surface area contributed by atoms with Crippen LogP contribution in [0.5, 0.6) is 5.75 Å². The first-order valence-electron chi connectivity index (χ1n) is 9.69. The Morgan fingerprint density at radius 3 is 2.79 bits per heavy atom. The molecule has 5 nitrogen and oxygen atoms in total. The summed E-state index contributed by atoms with van der Waals surface area (Å²) in [7, 11) is 1.84. The van der Waals surface area contributed by atoms with E-state index in [1.165, 1.54) is 0 Å². The number of ether oxygens (including phenoxy) is 1. The van der Waals surface area contributed by atoms with Gasteiger partial charge in [-0.15, -0.1) is 0 Å². The van der Waals surface area contributed by atoms with Crippen molar-refractivity contribution in [2.45, 2.75) is 20.0 Å². The zero-order chi connectivity index (χ0) is 19.7. The average molecular weight is 375 g/mol. The van der Waals surface area contributed by atoms with Gasteiger partial charge in [0.25, 0.3) is 5.91 Å². The fraction of sp³-hybridized carbons (Fsp3) is 0.304. The lowest BCUT2D eigenvalue weighted by Crippen LogP contribution is -2.46. The number of fused-ring (bicyclic) bond motifs is 2. The highest BCUT2D eigenvalue weighted by Gasteiger charge is 2.27. The van der Waals surface area contributed by atoms with Gasteiger partial charge in [-0.2, -0.15) is 0 Å². The molecule has 1 aliphatic heterocycles. The minimum atomic E-state index is -0.0713. The number of rotatable bonds is 4. The zero-order valence-corrected chi connectivity index (χ0v) is 16.6. The molecule has 1 amide bonds. The summed E-state index contributed by atoms with van der Waals surface area (Å²) in [5.41, 5.74) is 3.50. The Kier molecular flexibility index (Phi) is 4.90. The zero-order valence-electron chi connectivity index (χ0n) is 16.6. The Labute approximate surface area is 165 Å². The van der Waals surface area contributed by atoms with Gasteiger partial charge in [0.05, 0.1) is 29.9 Å². The smallest absolute Gasteiger partial charge is 0.254 e. The van der Waals surface area contributed by atoms with Crippen LogP contribution in [-0.2, 0) is 0 Å². The number of carbonyl (C=O) groups excluding carboxylic acids is 1. The van der Waals surface area contributed by atoms with Gasteiger partial charge in [-0.1, -0.05) is 30.3 Å². The maximum absolute atomic E-state index is 13.2. The second-order valence-electron chi connectivity index (χ2n) is 7.26. The van der Waals surface area contributed by atoms with Crippen LogP contribution in [0.25, 0.3) is 10.9 Å². The van der Waals surface area contributed by atoms with Crippen molar-refractivity contribution in [1.29, 1.82) is 0 Å². The van der Waals surface area contributed by atoms with E-state index in [1.54, 1.807) is 4.90 Å². The monoisotopic (exact) mass is 375 g/mol. The minimum absolute atomic E-state index is 0.00722. The molecule has 0 fully saturated rings. The van der Waals surface area contributed by atoms with E-state index in [2.05, 4.69) is 22.9 Å². The molecule has 0 N–H and O–H groups in total. The standard InChI is InChI=1S/C23H25N3O2/c1-4-26-15-17(28-22-12-8-7-11-21(22)26)14-25(3)23(27)19-13-16(2)24-20-10-6-5-9-18(19)20/h5-13,17H,4,14-15H2,1-3H3/t17-/m1/s1. The highest BCUT2D eigenvalue weighted by Crippen LogP contribution is 2.33. The molecule has 1 aromatic heterocycles. The van der Waals surface area contributed by atoms with E-state index in [0.717, 1.165) is 41.1 Å². The van der Waals surface area contributed by atoms with Crippen LogP contribution in [0.3, 0.4) is 0 Å². The van der Waals surface area contributed by atoms with E-state index < -0.39 is 0 Å². The number of carbonyl (C=O) groups is 1. The van der Waals surface area contributed by atoms with Crippen LogP contribution < -0.4 is 9.64 Å². The first kappa shape index (κ1) is 18.3. The van der Waals surface area contributed by atoms with E-state index in [1.807, 2.05) is 62.5 Å². The van der Waals surface area contributed by atoms with Gasteiger partial charge in [-0.3, -0.25) is 9.78 Å². The molecular formula is C23H25N3O2. The predicted molar refractivity (Wildman–Crippen MR) is 112 cm³/mol. The van der Waals surface area contributed by atoms with Gasteiger partial charge < -0.3 is 14.5 Å². The van der Waals surface area contributed by atoms with Gasteiger partial charge in [0.1, 0.15) is 11.9 Å². The number of aryl methyl sites for hydroxylation is 1. The van der Waals surface area contributed by atoms with Crippen molar-refractivity contribution in [3.63, 3.8) is 0 Å². The van der Waals surface area contributed by atoms with Crippen LogP contribution in [0.15, 0.2) is 54.6 Å². The molecule has 1 atom stereocenters. The van der Waals surface area contributed by atoms with E-state index in [-0.39, 0.29) is 12.0 Å². The van der Waals surface area contributed by atoms with Crippen molar-refractivity contribution in [1.82, 2.24) is 9.88 Å². The van der Waals surface area contributed by atoms with Crippen LogP contribution in [0, 0.1) is 6.92 Å². The van der Waals surface area contributed by atoms with Gasteiger partial charge in [0, 0.05) is 24.7 Å². The van der Waals surface area contributed by atoms with Gasteiger partial charge in [-0.05, 0) is 38.1 Å². The number of likely N-dealkylation sites (N-methyl/N-ethyl adjacent to an activating group) is 2. The molecular weight excluding hydrogens is 350 g/mol. The molecule has 0 saturated heterocycles. The molecule has 3 aromatic rings. The molecule has 144 valence electrons. The second kappa shape index (κ2) is 7.50. The molecule has 0 bridgehead atoms. The fourth-order valence-electron chi connectivity index (χ4n) is 3.85. The van der Waals surface area contributed by atoms with E-state index in [0.29, 0.717) is 12.1 Å². The number of amides is 1. The van der Waals surface area contributed by atoms with Crippen LogP contribution in [0.2, 0.25) is 0 Å². The second-order valence-corrected chi connectivity index (χ2v) is 7.26.